The number of benzene rings is 1. The molecule has 1 aromatic carbocycles. The average molecular weight is 290 g/mol. The Balaban J connectivity index is 1.89. The lowest BCUT2D eigenvalue weighted by molar-refractivity contribution is -0.127. The molecule has 0 radical (unpaired) electrons. The summed E-state index contributed by atoms with van der Waals surface area (Å²) < 4.78 is 5.36. The zero-order chi connectivity index (χ0) is 15.3. The highest BCUT2D eigenvalue weighted by Crippen LogP contribution is 2.26. The molecule has 1 fully saturated rings. The fourth-order valence-corrected chi connectivity index (χ4v) is 3.00. The Morgan fingerprint density at radius 3 is 2.71 bits per heavy atom. The van der Waals surface area contributed by atoms with Gasteiger partial charge in [-0.05, 0) is 37.8 Å². The molecule has 3 N–H and O–H groups in total. The van der Waals surface area contributed by atoms with E-state index in [1.54, 1.807) is 7.11 Å². The van der Waals surface area contributed by atoms with Crippen LogP contribution in [0.5, 0.6) is 5.75 Å². The second kappa shape index (κ2) is 6.94. The highest BCUT2D eigenvalue weighted by Gasteiger charge is 2.34. The van der Waals surface area contributed by atoms with Gasteiger partial charge in [-0.25, -0.2) is 0 Å². The molecule has 2 rings (SSSR count). The third-order valence-corrected chi connectivity index (χ3v) is 4.31. The maximum atomic E-state index is 12.3. The molecular weight excluding hydrogens is 264 g/mol. The fourth-order valence-electron chi connectivity index (χ4n) is 3.00. The first-order chi connectivity index (χ1) is 10.0. The van der Waals surface area contributed by atoms with E-state index in [0.29, 0.717) is 6.54 Å². The van der Waals surface area contributed by atoms with Crippen molar-refractivity contribution in [1.29, 1.82) is 0 Å². The molecular formula is C17H26N2O2. The summed E-state index contributed by atoms with van der Waals surface area (Å²) in [5, 5.41) is 2.99. The van der Waals surface area contributed by atoms with Crippen LogP contribution in [0.4, 0.5) is 0 Å². The van der Waals surface area contributed by atoms with Crippen LogP contribution in [0.25, 0.3) is 0 Å². The molecule has 0 heterocycles. The van der Waals surface area contributed by atoms with Crippen LogP contribution in [0, 0.1) is 6.92 Å². The van der Waals surface area contributed by atoms with Gasteiger partial charge in [-0.1, -0.05) is 37.0 Å². The number of aryl methyl sites for hydroxylation is 1. The maximum absolute atomic E-state index is 12.3. The molecule has 0 spiro atoms. The van der Waals surface area contributed by atoms with Gasteiger partial charge in [0.2, 0.25) is 5.91 Å². The van der Waals surface area contributed by atoms with Crippen LogP contribution < -0.4 is 15.8 Å². The van der Waals surface area contributed by atoms with Crippen molar-refractivity contribution in [1.82, 2.24) is 5.32 Å². The molecule has 0 aromatic heterocycles. The van der Waals surface area contributed by atoms with Crippen LogP contribution in [0.1, 0.15) is 43.2 Å². The Kier molecular flexibility index (Phi) is 5.23. The smallest absolute Gasteiger partial charge is 0.240 e. The summed E-state index contributed by atoms with van der Waals surface area (Å²) in [6.07, 6.45) is 5.64. The Morgan fingerprint density at radius 1 is 1.33 bits per heavy atom. The first kappa shape index (κ1) is 15.8. The fraction of sp³-hybridized carbons (Fsp3) is 0.588. The lowest BCUT2D eigenvalue weighted by atomic mass is 9.82. The molecule has 0 aliphatic heterocycles. The quantitative estimate of drug-likeness (QED) is 0.874. The highest BCUT2D eigenvalue weighted by atomic mass is 16.5. The Bertz CT molecular complexity index is 494. The van der Waals surface area contributed by atoms with E-state index in [1.165, 1.54) is 12.0 Å². The van der Waals surface area contributed by atoms with E-state index in [4.69, 9.17) is 10.5 Å². The molecule has 0 saturated heterocycles. The van der Waals surface area contributed by atoms with E-state index in [1.807, 2.05) is 12.1 Å². The molecule has 1 saturated carbocycles. The second-order valence-electron chi connectivity index (χ2n) is 6.04. The summed E-state index contributed by atoms with van der Waals surface area (Å²) in [6, 6.07) is 6.10. The van der Waals surface area contributed by atoms with Crippen LogP contribution in [-0.2, 0) is 11.2 Å². The molecule has 1 aromatic rings. The molecule has 1 aliphatic rings. The lowest BCUT2D eigenvalue weighted by Crippen LogP contribution is -2.55. The lowest BCUT2D eigenvalue weighted by Gasteiger charge is -2.31. The van der Waals surface area contributed by atoms with Gasteiger partial charge in [0, 0.05) is 6.54 Å². The van der Waals surface area contributed by atoms with Crippen molar-refractivity contribution in [3.63, 3.8) is 0 Å². The number of nitrogens with two attached hydrogens (primary N) is 1. The number of carbonyl (C=O) groups is 1. The first-order valence-electron chi connectivity index (χ1n) is 7.76. The molecule has 0 atom stereocenters. The number of nitrogens with one attached hydrogen (secondary N) is 1. The van der Waals surface area contributed by atoms with E-state index in [9.17, 15) is 4.79 Å². The summed E-state index contributed by atoms with van der Waals surface area (Å²) in [5.41, 5.74) is 7.88. The number of ether oxygens (including phenoxy) is 1. The Labute approximate surface area is 127 Å². The van der Waals surface area contributed by atoms with E-state index in [0.717, 1.165) is 43.4 Å². The minimum absolute atomic E-state index is 0.00572. The molecule has 21 heavy (non-hydrogen) atoms. The number of hydrogen-bond donors (Lipinski definition) is 2. The van der Waals surface area contributed by atoms with Gasteiger partial charge in [-0.2, -0.15) is 0 Å². The number of carbonyl (C=O) groups excluding carboxylic acids is 1. The van der Waals surface area contributed by atoms with Crippen LogP contribution in [-0.4, -0.2) is 25.1 Å². The minimum atomic E-state index is -0.658. The molecule has 0 unspecified atom stereocenters. The normalized spacial score (nSPS) is 17.3. The highest BCUT2D eigenvalue weighted by molar-refractivity contribution is 5.86. The molecule has 4 nitrogen and oxygen atoms in total. The van der Waals surface area contributed by atoms with Gasteiger partial charge in [-0.3, -0.25) is 4.79 Å². The van der Waals surface area contributed by atoms with Gasteiger partial charge in [-0.15, -0.1) is 0 Å². The summed E-state index contributed by atoms with van der Waals surface area (Å²) >= 11 is 0. The monoisotopic (exact) mass is 290 g/mol. The van der Waals surface area contributed by atoms with Gasteiger partial charge in [0.05, 0.1) is 12.6 Å². The Hall–Kier alpha value is -1.55. The van der Waals surface area contributed by atoms with Crippen molar-refractivity contribution in [2.45, 2.75) is 51.0 Å². The zero-order valence-corrected chi connectivity index (χ0v) is 13.1. The summed E-state index contributed by atoms with van der Waals surface area (Å²) in [7, 11) is 1.67. The van der Waals surface area contributed by atoms with Gasteiger partial charge < -0.3 is 15.8 Å². The van der Waals surface area contributed by atoms with Crippen molar-refractivity contribution >= 4 is 5.91 Å². The van der Waals surface area contributed by atoms with Crippen LogP contribution in [0.3, 0.4) is 0 Å². The van der Waals surface area contributed by atoms with Crippen LogP contribution in [0.15, 0.2) is 18.2 Å². The minimum Gasteiger partial charge on any atom is -0.496 e. The predicted molar refractivity (Wildman–Crippen MR) is 84.4 cm³/mol. The number of rotatable bonds is 5. The van der Waals surface area contributed by atoms with Gasteiger partial charge in [0.15, 0.2) is 0 Å². The van der Waals surface area contributed by atoms with E-state index >= 15 is 0 Å². The molecule has 0 bridgehead atoms. The number of methoxy groups -OCH3 is 1. The summed E-state index contributed by atoms with van der Waals surface area (Å²) in [6.45, 7) is 2.65. The van der Waals surface area contributed by atoms with Crippen LogP contribution in [0.2, 0.25) is 0 Å². The van der Waals surface area contributed by atoms with Gasteiger partial charge in [0.1, 0.15) is 5.75 Å². The average Bonchev–Trinajstić information content (AvgIpc) is 2.48. The second-order valence-corrected chi connectivity index (χ2v) is 6.04. The molecule has 4 heteroatoms. The van der Waals surface area contributed by atoms with Crippen molar-refractivity contribution in [2.24, 2.45) is 5.73 Å². The first-order valence-corrected chi connectivity index (χ1v) is 7.76. The Morgan fingerprint density at radius 2 is 2.05 bits per heavy atom. The zero-order valence-electron chi connectivity index (χ0n) is 13.1. The standard InChI is InChI=1S/C17H26N2O2/c1-13-6-7-15(21-2)14(12-13)8-11-19-16(20)17(18)9-4-3-5-10-17/h6-7,12H,3-5,8-11,18H2,1-2H3,(H,19,20). The SMILES string of the molecule is COc1ccc(C)cc1CCNC(=O)C1(N)CCCCC1. The van der Waals surface area contributed by atoms with E-state index in [2.05, 4.69) is 18.3 Å². The van der Waals surface area contributed by atoms with Crippen LogP contribution >= 0.6 is 0 Å². The predicted octanol–water partition coefficient (Wildman–Crippen LogP) is 2.32. The topological polar surface area (TPSA) is 64.3 Å². The molecule has 1 aliphatic carbocycles. The largest absolute Gasteiger partial charge is 0.496 e. The van der Waals surface area contributed by atoms with Crippen molar-refractivity contribution in [3.8, 4) is 5.75 Å². The summed E-state index contributed by atoms with van der Waals surface area (Å²) in [5.74, 6) is 0.865. The number of amides is 1. The third kappa shape index (κ3) is 3.97. The van der Waals surface area contributed by atoms with Crippen molar-refractivity contribution < 1.29 is 9.53 Å². The third-order valence-electron chi connectivity index (χ3n) is 4.31. The number of hydrogen-bond acceptors (Lipinski definition) is 3. The van der Waals surface area contributed by atoms with Crippen molar-refractivity contribution in [3.05, 3.63) is 29.3 Å². The van der Waals surface area contributed by atoms with Crippen molar-refractivity contribution in [2.75, 3.05) is 13.7 Å². The maximum Gasteiger partial charge on any atom is 0.240 e. The van der Waals surface area contributed by atoms with Gasteiger partial charge in [0.25, 0.3) is 0 Å². The molecule has 116 valence electrons. The summed E-state index contributed by atoms with van der Waals surface area (Å²) in [4.78, 5) is 12.3. The van der Waals surface area contributed by atoms with Gasteiger partial charge >= 0.3 is 0 Å². The van der Waals surface area contributed by atoms with E-state index in [-0.39, 0.29) is 5.91 Å². The molecule has 1 amide bonds. The van der Waals surface area contributed by atoms with E-state index < -0.39 is 5.54 Å².